The van der Waals surface area contributed by atoms with E-state index in [1.807, 2.05) is 75.4 Å². The number of aromatic nitrogens is 2. The lowest BCUT2D eigenvalue weighted by molar-refractivity contribution is -0.126. The fourth-order valence-corrected chi connectivity index (χ4v) is 4.19. The second-order valence-electron chi connectivity index (χ2n) is 10.2. The Labute approximate surface area is 195 Å². The first-order chi connectivity index (χ1) is 15.5. The highest BCUT2D eigenvalue weighted by Gasteiger charge is 2.49. The fourth-order valence-electron chi connectivity index (χ4n) is 4.19. The molecule has 0 fully saturated rings. The van der Waals surface area contributed by atoms with Crippen LogP contribution in [0.1, 0.15) is 60.6 Å². The van der Waals surface area contributed by atoms with Gasteiger partial charge in [0.25, 0.3) is 5.91 Å². The van der Waals surface area contributed by atoms with E-state index in [0.29, 0.717) is 17.9 Å². The maximum Gasteiger partial charge on any atom is 0.277 e. The molecule has 2 amide bonds. The molecule has 2 aromatic carbocycles. The number of aryl methyl sites for hydroxylation is 2. The number of hydrogen-bond donors (Lipinski definition) is 1. The predicted octanol–water partition coefficient (Wildman–Crippen LogP) is 4.53. The molecule has 0 aliphatic carbocycles. The summed E-state index contributed by atoms with van der Waals surface area (Å²) in [7, 11) is 0. The van der Waals surface area contributed by atoms with Crippen LogP contribution in [-0.4, -0.2) is 27.1 Å². The molecule has 1 aromatic heterocycles. The van der Waals surface area contributed by atoms with Gasteiger partial charge in [0.1, 0.15) is 11.2 Å². The Bertz CT molecular complexity index is 1210. The van der Waals surface area contributed by atoms with Crippen molar-refractivity contribution in [3.05, 3.63) is 82.7 Å². The summed E-state index contributed by atoms with van der Waals surface area (Å²) in [6, 6.07) is 17.5. The Balaban J connectivity index is 1.77. The van der Waals surface area contributed by atoms with Crippen molar-refractivity contribution < 1.29 is 9.59 Å². The average molecular weight is 445 g/mol. The van der Waals surface area contributed by atoms with Gasteiger partial charge in [0, 0.05) is 17.6 Å². The minimum atomic E-state index is -1.14. The molecule has 0 saturated carbocycles. The van der Waals surface area contributed by atoms with Crippen LogP contribution in [0.3, 0.4) is 0 Å². The summed E-state index contributed by atoms with van der Waals surface area (Å²) >= 11 is 0. The largest absolute Gasteiger partial charge is 0.350 e. The number of amides is 2. The zero-order chi connectivity index (χ0) is 24.0. The van der Waals surface area contributed by atoms with Gasteiger partial charge >= 0.3 is 0 Å². The van der Waals surface area contributed by atoms with Crippen LogP contribution in [0.2, 0.25) is 0 Å². The van der Waals surface area contributed by atoms with Crippen LogP contribution in [0, 0.1) is 13.8 Å². The van der Waals surface area contributed by atoms with Gasteiger partial charge in [-0.15, -0.1) is 0 Å². The van der Waals surface area contributed by atoms with E-state index in [0.717, 1.165) is 22.4 Å². The van der Waals surface area contributed by atoms with Crippen molar-refractivity contribution in [1.82, 2.24) is 15.1 Å². The zero-order valence-corrected chi connectivity index (χ0v) is 20.3. The van der Waals surface area contributed by atoms with Gasteiger partial charge in [0.15, 0.2) is 0 Å². The molecule has 4 rings (SSSR count). The van der Waals surface area contributed by atoms with Crippen LogP contribution < -0.4 is 10.2 Å². The van der Waals surface area contributed by atoms with Gasteiger partial charge in [-0.25, -0.2) is 0 Å². The van der Waals surface area contributed by atoms with Gasteiger partial charge in [-0.05, 0) is 55.7 Å². The standard InChI is InChI=1S/C27H32N4O2/c1-18-12-13-21(14-19(18)2)31-24(32)22-15-23(26(3,4)5)29-30(22)17-27(31,6)25(33)28-16-20-10-8-7-9-11-20/h7-15H,16-17H2,1-6H3,(H,28,33)/t27-/m0/s1. The molecule has 33 heavy (non-hydrogen) atoms. The Morgan fingerprint density at radius 2 is 1.76 bits per heavy atom. The number of nitrogens with zero attached hydrogens (tertiary/aromatic N) is 3. The topological polar surface area (TPSA) is 67.2 Å². The van der Waals surface area contributed by atoms with Crippen molar-refractivity contribution in [2.75, 3.05) is 4.90 Å². The first-order valence-electron chi connectivity index (χ1n) is 11.3. The van der Waals surface area contributed by atoms with E-state index < -0.39 is 5.54 Å². The number of hydrogen-bond acceptors (Lipinski definition) is 3. The lowest BCUT2D eigenvalue weighted by Gasteiger charge is -2.43. The maximum atomic E-state index is 13.8. The second kappa shape index (κ2) is 8.18. The summed E-state index contributed by atoms with van der Waals surface area (Å²) in [5, 5.41) is 7.77. The van der Waals surface area contributed by atoms with Crippen LogP contribution in [0.25, 0.3) is 0 Å². The van der Waals surface area contributed by atoms with Crippen LogP contribution >= 0.6 is 0 Å². The monoisotopic (exact) mass is 444 g/mol. The normalized spacial score (nSPS) is 18.2. The molecular weight excluding hydrogens is 412 g/mol. The van der Waals surface area contributed by atoms with Crippen molar-refractivity contribution in [2.45, 2.75) is 65.6 Å². The van der Waals surface area contributed by atoms with E-state index in [-0.39, 0.29) is 23.8 Å². The summed E-state index contributed by atoms with van der Waals surface area (Å²) in [5.74, 6) is -0.429. The molecule has 172 valence electrons. The molecule has 3 aromatic rings. The highest BCUT2D eigenvalue weighted by Crippen LogP contribution is 2.35. The van der Waals surface area contributed by atoms with Crippen molar-refractivity contribution in [2.24, 2.45) is 0 Å². The molecule has 0 unspecified atom stereocenters. The second-order valence-corrected chi connectivity index (χ2v) is 10.2. The molecule has 1 N–H and O–H groups in total. The molecule has 1 aliphatic heterocycles. The summed E-state index contributed by atoms with van der Waals surface area (Å²) in [6.45, 7) is 12.7. The lowest BCUT2D eigenvalue weighted by Crippen LogP contribution is -2.64. The molecule has 6 heteroatoms. The van der Waals surface area contributed by atoms with Crippen molar-refractivity contribution in [3.8, 4) is 0 Å². The van der Waals surface area contributed by atoms with Crippen LogP contribution in [0.5, 0.6) is 0 Å². The third-order valence-corrected chi connectivity index (χ3v) is 6.46. The zero-order valence-electron chi connectivity index (χ0n) is 20.3. The SMILES string of the molecule is Cc1ccc(N2C(=O)c3cc(C(C)(C)C)nn3C[C@@]2(C)C(=O)NCc2ccccc2)cc1C. The van der Waals surface area contributed by atoms with E-state index in [1.54, 1.807) is 9.58 Å². The van der Waals surface area contributed by atoms with Crippen molar-refractivity contribution in [3.63, 3.8) is 0 Å². The Kier molecular flexibility index (Phi) is 5.64. The molecule has 0 spiro atoms. The van der Waals surface area contributed by atoms with Crippen molar-refractivity contribution >= 4 is 17.5 Å². The van der Waals surface area contributed by atoms with Gasteiger partial charge in [0.2, 0.25) is 5.91 Å². The Morgan fingerprint density at radius 1 is 1.06 bits per heavy atom. The lowest BCUT2D eigenvalue weighted by atomic mass is 9.91. The third kappa shape index (κ3) is 4.17. The van der Waals surface area contributed by atoms with Gasteiger partial charge < -0.3 is 5.32 Å². The van der Waals surface area contributed by atoms with Crippen LogP contribution in [0.4, 0.5) is 5.69 Å². The summed E-state index contributed by atoms with van der Waals surface area (Å²) < 4.78 is 1.70. The van der Waals surface area contributed by atoms with E-state index in [4.69, 9.17) is 5.10 Å². The summed E-state index contributed by atoms with van der Waals surface area (Å²) in [6.07, 6.45) is 0. The predicted molar refractivity (Wildman–Crippen MR) is 130 cm³/mol. The average Bonchev–Trinajstić information content (AvgIpc) is 3.20. The Hall–Kier alpha value is -3.41. The van der Waals surface area contributed by atoms with E-state index in [9.17, 15) is 9.59 Å². The molecule has 0 bridgehead atoms. The summed E-state index contributed by atoms with van der Waals surface area (Å²) in [4.78, 5) is 29.1. The van der Waals surface area contributed by atoms with Gasteiger partial charge in [-0.3, -0.25) is 19.2 Å². The first kappa shape index (κ1) is 22.8. The number of carbonyl (C=O) groups excluding carboxylic acids is 2. The number of fused-ring (bicyclic) bond motifs is 1. The van der Waals surface area contributed by atoms with Gasteiger partial charge in [-0.1, -0.05) is 57.2 Å². The summed E-state index contributed by atoms with van der Waals surface area (Å²) in [5.41, 5.74) is 3.92. The molecule has 0 radical (unpaired) electrons. The first-order valence-corrected chi connectivity index (χ1v) is 11.3. The van der Waals surface area contributed by atoms with E-state index in [2.05, 4.69) is 26.1 Å². The molecule has 0 saturated heterocycles. The van der Waals surface area contributed by atoms with E-state index in [1.165, 1.54) is 0 Å². The molecule has 1 aliphatic rings. The Morgan fingerprint density at radius 3 is 2.39 bits per heavy atom. The molecular formula is C27H32N4O2. The minimum absolute atomic E-state index is 0.206. The highest BCUT2D eigenvalue weighted by molar-refractivity contribution is 6.11. The maximum absolute atomic E-state index is 13.8. The molecule has 1 atom stereocenters. The van der Waals surface area contributed by atoms with Gasteiger partial charge in [0.05, 0.1) is 12.2 Å². The number of anilines is 1. The molecule has 2 heterocycles. The van der Waals surface area contributed by atoms with Gasteiger partial charge in [-0.2, -0.15) is 5.10 Å². The van der Waals surface area contributed by atoms with Crippen molar-refractivity contribution in [1.29, 1.82) is 0 Å². The van der Waals surface area contributed by atoms with Crippen LogP contribution in [0.15, 0.2) is 54.6 Å². The minimum Gasteiger partial charge on any atom is -0.350 e. The van der Waals surface area contributed by atoms with E-state index >= 15 is 0 Å². The number of rotatable bonds is 4. The van der Waals surface area contributed by atoms with Crippen LogP contribution in [-0.2, 0) is 23.3 Å². The smallest absolute Gasteiger partial charge is 0.277 e. The third-order valence-electron chi connectivity index (χ3n) is 6.46. The number of nitrogens with one attached hydrogen (secondary N) is 1. The number of carbonyl (C=O) groups is 2. The molecule has 6 nitrogen and oxygen atoms in total. The highest BCUT2D eigenvalue weighted by atomic mass is 16.2. The fraction of sp³-hybridized carbons (Fsp3) is 0.370. The number of benzene rings is 2. The quantitative estimate of drug-likeness (QED) is 0.643.